The molecule has 0 radical (unpaired) electrons. The van der Waals surface area contributed by atoms with E-state index in [0.29, 0.717) is 5.56 Å². The number of nitrogens with one attached hydrogen (secondary N) is 2. The Balaban J connectivity index is 2.42. The maximum Gasteiger partial charge on any atom is 0.319 e. The Bertz CT molecular complexity index is 551. The van der Waals surface area contributed by atoms with Crippen molar-refractivity contribution in [1.82, 2.24) is 10.6 Å². The first kappa shape index (κ1) is 12.1. The van der Waals surface area contributed by atoms with Gasteiger partial charge in [-0.1, -0.05) is 12.1 Å². The van der Waals surface area contributed by atoms with Crippen LogP contribution < -0.4 is 10.6 Å². The summed E-state index contributed by atoms with van der Waals surface area (Å²) >= 11 is 0. The van der Waals surface area contributed by atoms with Crippen LogP contribution in [0, 0.1) is 10.1 Å². The third-order valence-corrected chi connectivity index (χ3v) is 3.02. The van der Waals surface area contributed by atoms with Crippen molar-refractivity contribution in [3.63, 3.8) is 0 Å². The maximum atomic E-state index is 11.4. The van der Waals surface area contributed by atoms with Gasteiger partial charge in [0.15, 0.2) is 0 Å². The van der Waals surface area contributed by atoms with E-state index in [1.54, 1.807) is 19.1 Å². The molecule has 0 fully saturated rings. The molecule has 94 valence electrons. The van der Waals surface area contributed by atoms with Crippen molar-refractivity contribution in [3.05, 3.63) is 51.2 Å². The van der Waals surface area contributed by atoms with Crippen molar-refractivity contribution in [3.8, 4) is 0 Å². The Hall–Kier alpha value is -2.37. The standard InChI is InChI=1S/C12H13N3O3/c1-7-8(2)13-12(16)14-11(7)9-4-3-5-10(6-9)15(17)18/h3-6,11H,1-2H3,(H2,13,14,16)/t11-/m0/s1. The van der Waals surface area contributed by atoms with Crippen LogP contribution in [0.25, 0.3) is 0 Å². The van der Waals surface area contributed by atoms with Crippen LogP contribution in [-0.4, -0.2) is 11.0 Å². The van der Waals surface area contributed by atoms with E-state index in [1.165, 1.54) is 12.1 Å². The van der Waals surface area contributed by atoms with E-state index in [2.05, 4.69) is 10.6 Å². The largest absolute Gasteiger partial charge is 0.327 e. The molecule has 1 heterocycles. The van der Waals surface area contributed by atoms with E-state index in [4.69, 9.17) is 0 Å². The number of nitrogens with zero attached hydrogens (tertiary/aromatic N) is 1. The summed E-state index contributed by atoms with van der Waals surface area (Å²) in [5, 5.41) is 16.2. The summed E-state index contributed by atoms with van der Waals surface area (Å²) in [5.41, 5.74) is 2.44. The smallest absolute Gasteiger partial charge is 0.319 e. The number of allylic oxidation sites excluding steroid dienone is 1. The molecule has 0 aromatic heterocycles. The van der Waals surface area contributed by atoms with Gasteiger partial charge in [0.05, 0.1) is 11.0 Å². The molecule has 1 aliphatic rings. The summed E-state index contributed by atoms with van der Waals surface area (Å²) in [7, 11) is 0. The topological polar surface area (TPSA) is 84.3 Å². The number of urea groups is 1. The maximum absolute atomic E-state index is 11.4. The molecular weight excluding hydrogens is 234 g/mol. The van der Waals surface area contributed by atoms with Crippen LogP contribution in [0.2, 0.25) is 0 Å². The van der Waals surface area contributed by atoms with Gasteiger partial charge in [-0.15, -0.1) is 0 Å². The Morgan fingerprint density at radius 2 is 2.06 bits per heavy atom. The summed E-state index contributed by atoms with van der Waals surface area (Å²) < 4.78 is 0. The Labute approximate surface area is 104 Å². The number of benzene rings is 1. The number of amides is 2. The van der Waals surface area contributed by atoms with E-state index in [-0.39, 0.29) is 17.8 Å². The number of rotatable bonds is 2. The molecule has 0 spiro atoms. The molecule has 1 atom stereocenters. The van der Waals surface area contributed by atoms with Crippen LogP contribution in [0.4, 0.5) is 10.5 Å². The highest BCUT2D eigenvalue weighted by molar-refractivity contribution is 5.78. The number of non-ortho nitro benzene ring substituents is 1. The molecular formula is C12H13N3O3. The van der Waals surface area contributed by atoms with Crippen LogP contribution in [0.5, 0.6) is 0 Å². The third kappa shape index (κ3) is 2.17. The lowest BCUT2D eigenvalue weighted by molar-refractivity contribution is -0.384. The predicted molar refractivity (Wildman–Crippen MR) is 65.9 cm³/mol. The molecule has 0 saturated heterocycles. The number of nitro benzene ring substituents is 1. The van der Waals surface area contributed by atoms with Crippen LogP contribution in [-0.2, 0) is 0 Å². The lowest BCUT2D eigenvalue weighted by Crippen LogP contribution is -2.42. The number of hydrogen-bond acceptors (Lipinski definition) is 3. The third-order valence-electron chi connectivity index (χ3n) is 3.02. The predicted octanol–water partition coefficient (Wildman–Crippen LogP) is 2.24. The fraction of sp³-hybridized carbons (Fsp3) is 0.250. The van der Waals surface area contributed by atoms with Crippen molar-refractivity contribution in [2.45, 2.75) is 19.9 Å². The van der Waals surface area contributed by atoms with Gasteiger partial charge in [-0.3, -0.25) is 10.1 Å². The summed E-state index contributed by atoms with van der Waals surface area (Å²) in [4.78, 5) is 21.7. The first-order chi connectivity index (χ1) is 8.49. The minimum Gasteiger partial charge on any atom is -0.327 e. The molecule has 2 N–H and O–H groups in total. The monoisotopic (exact) mass is 247 g/mol. The highest BCUT2D eigenvalue weighted by atomic mass is 16.6. The van der Waals surface area contributed by atoms with Crippen molar-refractivity contribution in [2.24, 2.45) is 0 Å². The van der Waals surface area contributed by atoms with Gasteiger partial charge in [-0.2, -0.15) is 0 Å². The molecule has 2 rings (SSSR count). The minimum absolute atomic E-state index is 0.0192. The molecule has 18 heavy (non-hydrogen) atoms. The summed E-state index contributed by atoms with van der Waals surface area (Å²) in [5.74, 6) is 0. The zero-order valence-electron chi connectivity index (χ0n) is 10.1. The normalized spacial score (nSPS) is 19.2. The van der Waals surface area contributed by atoms with Crippen molar-refractivity contribution in [2.75, 3.05) is 0 Å². The summed E-state index contributed by atoms with van der Waals surface area (Å²) in [6.45, 7) is 3.68. The molecule has 6 heteroatoms. The minimum atomic E-state index is -0.446. The van der Waals surface area contributed by atoms with Gasteiger partial charge in [0.25, 0.3) is 5.69 Å². The SMILES string of the molecule is CC1=C(C)[C@@H](c2cccc([N+](=O)[O-])c2)NC(=O)N1. The number of hydrogen-bond donors (Lipinski definition) is 2. The zero-order valence-corrected chi connectivity index (χ0v) is 10.1. The van der Waals surface area contributed by atoms with Crippen molar-refractivity contribution in [1.29, 1.82) is 0 Å². The lowest BCUT2D eigenvalue weighted by atomic mass is 9.97. The molecule has 1 aromatic carbocycles. The second-order valence-corrected chi connectivity index (χ2v) is 4.19. The van der Waals surface area contributed by atoms with Crippen LogP contribution in [0.3, 0.4) is 0 Å². The molecule has 2 amide bonds. The lowest BCUT2D eigenvalue weighted by Gasteiger charge is -2.27. The fourth-order valence-corrected chi connectivity index (χ4v) is 1.91. The number of carbonyl (C=O) groups excluding carboxylic acids is 1. The van der Waals surface area contributed by atoms with Gasteiger partial charge < -0.3 is 10.6 Å². The molecule has 0 unspecified atom stereocenters. The van der Waals surface area contributed by atoms with E-state index in [1.807, 2.05) is 6.92 Å². The molecule has 1 aliphatic heterocycles. The highest BCUT2D eigenvalue weighted by Crippen LogP contribution is 2.27. The second-order valence-electron chi connectivity index (χ2n) is 4.19. The van der Waals surface area contributed by atoms with E-state index >= 15 is 0 Å². The van der Waals surface area contributed by atoms with Crippen LogP contribution >= 0.6 is 0 Å². The average Bonchev–Trinajstić information content (AvgIpc) is 2.34. The first-order valence-corrected chi connectivity index (χ1v) is 5.48. The van der Waals surface area contributed by atoms with Gasteiger partial charge in [0.1, 0.15) is 0 Å². The highest BCUT2D eigenvalue weighted by Gasteiger charge is 2.24. The fourth-order valence-electron chi connectivity index (χ4n) is 1.91. The number of nitro groups is 1. The molecule has 0 saturated carbocycles. The zero-order chi connectivity index (χ0) is 13.3. The van der Waals surface area contributed by atoms with Crippen molar-refractivity contribution >= 4 is 11.7 Å². The summed E-state index contributed by atoms with van der Waals surface area (Å²) in [6.07, 6.45) is 0. The average molecular weight is 247 g/mol. The van der Waals surface area contributed by atoms with E-state index in [9.17, 15) is 14.9 Å². The Kier molecular flexibility index (Phi) is 3.01. The van der Waals surface area contributed by atoms with Gasteiger partial charge >= 0.3 is 6.03 Å². The number of carbonyl (C=O) groups is 1. The molecule has 1 aromatic rings. The van der Waals surface area contributed by atoms with Gasteiger partial charge in [-0.05, 0) is 25.0 Å². The molecule has 0 aliphatic carbocycles. The summed E-state index contributed by atoms with van der Waals surface area (Å²) in [6, 6.07) is 5.67. The van der Waals surface area contributed by atoms with Crippen molar-refractivity contribution < 1.29 is 9.72 Å². The molecule has 6 nitrogen and oxygen atoms in total. The molecule has 0 bridgehead atoms. The van der Waals surface area contributed by atoms with E-state index < -0.39 is 4.92 Å². The first-order valence-electron chi connectivity index (χ1n) is 5.48. The van der Waals surface area contributed by atoms with Crippen LogP contribution in [0.1, 0.15) is 25.5 Å². The van der Waals surface area contributed by atoms with Gasteiger partial charge in [0.2, 0.25) is 0 Å². The Morgan fingerprint density at radius 3 is 2.72 bits per heavy atom. The van der Waals surface area contributed by atoms with Gasteiger partial charge in [0, 0.05) is 17.8 Å². The van der Waals surface area contributed by atoms with Gasteiger partial charge in [-0.25, -0.2) is 4.79 Å². The Morgan fingerprint density at radius 1 is 1.33 bits per heavy atom. The second kappa shape index (κ2) is 4.48. The van der Waals surface area contributed by atoms with Crippen LogP contribution in [0.15, 0.2) is 35.5 Å². The quantitative estimate of drug-likeness (QED) is 0.621. The van der Waals surface area contributed by atoms with E-state index in [0.717, 1.165) is 11.3 Å².